The van der Waals surface area contributed by atoms with Gasteiger partial charge in [-0.2, -0.15) is 0 Å². The van der Waals surface area contributed by atoms with Gasteiger partial charge in [-0.1, -0.05) is 28.2 Å². The molecule has 2 aromatic heterocycles. The minimum atomic E-state index is -0.648. The summed E-state index contributed by atoms with van der Waals surface area (Å²) in [5.41, 5.74) is 0.576. The number of hydrogen-bond donors (Lipinski definition) is 0. The van der Waals surface area contributed by atoms with Crippen molar-refractivity contribution in [3.8, 4) is 0 Å². The van der Waals surface area contributed by atoms with Crippen LogP contribution in [0.15, 0.2) is 21.2 Å². The van der Waals surface area contributed by atoms with Gasteiger partial charge >= 0.3 is 12.1 Å². The Morgan fingerprint density at radius 2 is 1.91 bits per heavy atom. The third-order valence-corrected chi connectivity index (χ3v) is 5.25. The molecule has 3 rings (SSSR count). The maximum atomic E-state index is 13.0. The first kappa shape index (κ1) is 27.9. The Balaban J connectivity index is 0.00000166. The van der Waals surface area contributed by atoms with E-state index < -0.39 is 12.1 Å². The van der Waals surface area contributed by atoms with Crippen LogP contribution in [0, 0.1) is 0 Å². The van der Waals surface area contributed by atoms with E-state index in [-0.39, 0.29) is 44.3 Å². The van der Waals surface area contributed by atoms with E-state index >= 15 is 0 Å². The van der Waals surface area contributed by atoms with Crippen LogP contribution in [0.2, 0.25) is 0 Å². The average Bonchev–Trinajstić information content (AvgIpc) is 3.14. The second-order valence-electron chi connectivity index (χ2n) is 6.65. The maximum absolute atomic E-state index is 13.0. The van der Waals surface area contributed by atoms with Gasteiger partial charge < -0.3 is 18.6 Å². The van der Waals surface area contributed by atoms with Crippen LogP contribution in [0.3, 0.4) is 0 Å². The number of rotatable bonds is 6. The summed E-state index contributed by atoms with van der Waals surface area (Å²) in [5, 5.41) is 0.537. The second kappa shape index (κ2) is 13.4. The first-order valence-corrected chi connectivity index (χ1v) is 11.6. The third-order valence-electron chi connectivity index (χ3n) is 4.81. The number of ether oxygens (including phenoxy) is 3. The minimum absolute atomic E-state index is 0. The van der Waals surface area contributed by atoms with Crippen LogP contribution in [0.1, 0.15) is 71.9 Å². The molecule has 0 saturated carbocycles. The zero-order valence-corrected chi connectivity index (χ0v) is 20.4. The van der Waals surface area contributed by atoms with E-state index in [0.717, 1.165) is 6.42 Å². The van der Waals surface area contributed by atoms with E-state index in [4.69, 9.17) is 18.6 Å². The standard InChI is InChI=1S/C20H25BrN2O6.C2H6.CH4/c1-4-14-10-13(7-8-28-14)23(20(25)27-6-3)16-15-9-12(21)11-22-18(15)29-17(16)19(24)26-5-2;1-2;/h9,11,13-14H,4-8,10H2,1-3H3;1-2H3;1H4. The van der Waals surface area contributed by atoms with Gasteiger partial charge in [0.2, 0.25) is 11.5 Å². The van der Waals surface area contributed by atoms with Crippen LogP contribution in [0.4, 0.5) is 10.5 Å². The molecule has 1 fully saturated rings. The molecule has 32 heavy (non-hydrogen) atoms. The summed E-state index contributed by atoms with van der Waals surface area (Å²) in [6.45, 7) is 10.4. The number of carbonyl (C=O) groups is 2. The number of amides is 1. The van der Waals surface area contributed by atoms with Crippen molar-refractivity contribution in [2.24, 2.45) is 0 Å². The van der Waals surface area contributed by atoms with Crippen LogP contribution >= 0.6 is 15.9 Å². The lowest BCUT2D eigenvalue weighted by atomic mass is 9.99. The van der Waals surface area contributed by atoms with Crippen LogP contribution in [0.5, 0.6) is 0 Å². The molecule has 0 bridgehead atoms. The molecule has 180 valence electrons. The molecular weight excluding hydrogens is 480 g/mol. The number of esters is 1. The maximum Gasteiger partial charge on any atom is 0.414 e. The summed E-state index contributed by atoms with van der Waals surface area (Å²) in [4.78, 5) is 31.4. The molecule has 0 N–H and O–H groups in total. The fourth-order valence-corrected chi connectivity index (χ4v) is 3.85. The van der Waals surface area contributed by atoms with Crippen molar-refractivity contribution in [1.82, 2.24) is 4.98 Å². The van der Waals surface area contributed by atoms with Crippen molar-refractivity contribution < 1.29 is 28.2 Å². The lowest BCUT2D eigenvalue weighted by Crippen LogP contribution is -2.46. The number of hydrogen-bond acceptors (Lipinski definition) is 7. The van der Waals surface area contributed by atoms with Gasteiger partial charge in [-0.25, -0.2) is 14.6 Å². The van der Waals surface area contributed by atoms with Gasteiger partial charge in [0, 0.05) is 23.3 Å². The Kier molecular flexibility index (Phi) is 11.7. The number of halogens is 1. The topological polar surface area (TPSA) is 91.1 Å². The molecule has 2 unspecified atom stereocenters. The molecule has 1 aliphatic rings. The SMILES string of the molecule is C.CC.CCOC(=O)c1oc2ncc(Br)cc2c1N(C(=O)OCC)C1CCOC(CC)C1. The average molecular weight is 515 g/mol. The quantitative estimate of drug-likeness (QED) is 0.414. The molecule has 0 aliphatic carbocycles. The molecule has 2 atom stereocenters. The van der Waals surface area contributed by atoms with Crippen LogP contribution in [-0.4, -0.2) is 49.0 Å². The number of pyridine rings is 1. The van der Waals surface area contributed by atoms with Gasteiger partial charge in [0.15, 0.2) is 0 Å². The molecule has 0 aromatic carbocycles. The van der Waals surface area contributed by atoms with Gasteiger partial charge in [-0.05, 0) is 55.1 Å². The van der Waals surface area contributed by atoms with Crippen LogP contribution in [-0.2, 0) is 14.2 Å². The van der Waals surface area contributed by atoms with Gasteiger partial charge in [0.05, 0.1) is 24.7 Å². The summed E-state index contributed by atoms with van der Waals surface area (Å²) in [5.74, 6) is -0.704. The van der Waals surface area contributed by atoms with Crippen molar-refractivity contribution >= 4 is 44.8 Å². The Morgan fingerprint density at radius 3 is 2.53 bits per heavy atom. The molecule has 8 nitrogen and oxygen atoms in total. The predicted octanol–water partition coefficient (Wildman–Crippen LogP) is 6.35. The van der Waals surface area contributed by atoms with Crippen LogP contribution in [0.25, 0.3) is 11.1 Å². The van der Waals surface area contributed by atoms with Crippen LogP contribution < -0.4 is 4.90 Å². The summed E-state index contributed by atoms with van der Waals surface area (Å²) >= 11 is 3.40. The van der Waals surface area contributed by atoms with E-state index in [1.165, 1.54) is 4.90 Å². The largest absolute Gasteiger partial charge is 0.460 e. The highest BCUT2D eigenvalue weighted by atomic mass is 79.9. The normalized spacial score (nSPS) is 17.6. The van der Waals surface area contributed by atoms with Gasteiger partial charge in [0.1, 0.15) is 5.69 Å². The fraction of sp³-hybridized carbons (Fsp3) is 0.609. The molecule has 3 heterocycles. The first-order valence-electron chi connectivity index (χ1n) is 10.8. The molecule has 1 amide bonds. The fourth-order valence-electron chi connectivity index (χ4n) is 3.51. The number of furan rings is 1. The van der Waals surface area contributed by atoms with Gasteiger partial charge in [-0.3, -0.25) is 4.90 Å². The summed E-state index contributed by atoms with van der Waals surface area (Å²) in [6.07, 6.45) is 3.14. The second-order valence-corrected chi connectivity index (χ2v) is 7.57. The van der Waals surface area contributed by atoms with Crippen molar-refractivity contribution in [1.29, 1.82) is 0 Å². The highest BCUT2D eigenvalue weighted by molar-refractivity contribution is 9.10. The monoisotopic (exact) mass is 514 g/mol. The summed E-state index contributed by atoms with van der Waals surface area (Å²) in [6, 6.07) is 1.56. The van der Waals surface area contributed by atoms with E-state index in [1.54, 1.807) is 26.1 Å². The zero-order valence-electron chi connectivity index (χ0n) is 18.8. The number of fused-ring (bicyclic) bond motifs is 1. The molecule has 0 spiro atoms. The number of nitrogens with zero attached hydrogens (tertiary/aromatic N) is 2. The molecule has 0 radical (unpaired) electrons. The van der Waals surface area contributed by atoms with E-state index in [1.807, 2.05) is 20.8 Å². The first-order chi connectivity index (χ1) is 15.0. The number of aromatic nitrogens is 1. The number of anilines is 1. The highest BCUT2D eigenvalue weighted by Gasteiger charge is 2.37. The van der Waals surface area contributed by atoms with Crippen molar-refractivity contribution in [3.63, 3.8) is 0 Å². The van der Waals surface area contributed by atoms with Crippen molar-refractivity contribution in [2.75, 3.05) is 24.7 Å². The smallest absolute Gasteiger partial charge is 0.414 e. The van der Waals surface area contributed by atoms with E-state index in [2.05, 4.69) is 20.9 Å². The molecule has 9 heteroatoms. The summed E-state index contributed by atoms with van der Waals surface area (Å²) < 4.78 is 22.7. The van der Waals surface area contributed by atoms with Gasteiger partial charge in [-0.15, -0.1) is 0 Å². The highest BCUT2D eigenvalue weighted by Crippen LogP contribution is 2.38. The molecule has 1 aliphatic heterocycles. The number of carbonyl (C=O) groups excluding carboxylic acids is 2. The Morgan fingerprint density at radius 1 is 1.22 bits per heavy atom. The Labute approximate surface area is 198 Å². The summed E-state index contributed by atoms with van der Waals surface area (Å²) in [7, 11) is 0. The lowest BCUT2D eigenvalue weighted by Gasteiger charge is -2.36. The van der Waals surface area contributed by atoms with E-state index in [0.29, 0.717) is 35.0 Å². The third kappa shape index (κ3) is 6.22. The Hall–Kier alpha value is -2.13. The van der Waals surface area contributed by atoms with E-state index in [9.17, 15) is 9.59 Å². The molecule has 2 aromatic rings. The zero-order chi connectivity index (χ0) is 23.0. The van der Waals surface area contributed by atoms with Crippen molar-refractivity contribution in [3.05, 3.63) is 22.5 Å². The van der Waals surface area contributed by atoms with Gasteiger partial charge in [0.25, 0.3) is 0 Å². The van der Waals surface area contributed by atoms with Crippen molar-refractivity contribution in [2.45, 2.75) is 73.5 Å². The molecular formula is C23H35BrN2O6. The Bertz CT molecular complexity index is 885. The predicted molar refractivity (Wildman–Crippen MR) is 128 cm³/mol. The minimum Gasteiger partial charge on any atom is -0.460 e. The molecule has 1 saturated heterocycles. The lowest BCUT2D eigenvalue weighted by molar-refractivity contribution is 0.00465.